The summed E-state index contributed by atoms with van der Waals surface area (Å²) in [4.78, 5) is 12.4. The van der Waals surface area contributed by atoms with Crippen LogP contribution in [0.5, 0.6) is 0 Å². The Kier molecular flexibility index (Phi) is 44.8. The molecule has 4 nitrogen and oxygen atoms in total. The van der Waals surface area contributed by atoms with Gasteiger partial charge in [-0.25, -0.2) is 0 Å². The Hall–Kier alpha value is -0.870. The molecule has 2 atom stereocenters. The fourth-order valence-corrected chi connectivity index (χ4v) is 7.77. The molecule has 0 heterocycles. The summed E-state index contributed by atoms with van der Waals surface area (Å²) in [6, 6.07) is -0.530. The first-order valence-electron chi connectivity index (χ1n) is 24.4. The van der Waals surface area contributed by atoms with Crippen LogP contribution in [0.25, 0.3) is 0 Å². The summed E-state index contributed by atoms with van der Waals surface area (Å²) in [5, 5.41) is 23.1. The maximum Gasteiger partial charge on any atom is 0.220 e. The van der Waals surface area contributed by atoms with Crippen LogP contribution in [-0.4, -0.2) is 34.9 Å². The highest BCUT2D eigenvalue weighted by Crippen LogP contribution is 2.17. The molecule has 0 spiro atoms. The number of carbonyl (C=O) groups excluding carboxylic acids is 1. The zero-order chi connectivity index (χ0) is 38.6. The summed E-state index contributed by atoms with van der Waals surface area (Å²) in [6.45, 7) is 4.36. The lowest BCUT2D eigenvalue weighted by Crippen LogP contribution is -2.45. The molecule has 2 unspecified atom stereocenters. The molecule has 0 rings (SSSR count). The maximum atomic E-state index is 12.4. The third kappa shape index (κ3) is 42.1. The van der Waals surface area contributed by atoms with E-state index in [2.05, 4.69) is 31.3 Å². The van der Waals surface area contributed by atoms with E-state index in [-0.39, 0.29) is 12.5 Å². The zero-order valence-corrected chi connectivity index (χ0v) is 36.3. The minimum absolute atomic E-state index is 0.0281. The van der Waals surface area contributed by atoms with E-state index >= 15 is 0 Å². The predicted molar refractivity (Wildman–Crippen MR) is 235 cm³/mol. The zero-order valence-electron chi connectivity index (χ0n) is 36.3. The summed E-state index contributed by atoms with van der Waals surface area (Å²) >= 11 is 0. The van der Waals surface area contributed by atoms with Gasteiger partial charge < -0.3 is 15.5 Å². The van der Waals surface area contributed by atoms with Crippen LogP contribution in [0.2, 0.25) is 0 Å². The van der Waals surface area contributed by atoms with Crippen LogP contribution >= 0.6 is 0 Å². The van der Waals surface area contributed by atoms with E-state index in [1.165, 1.54) is 225 Å². The van der Waals surface area contributed by atoms with E-state index in [1.54, 1.807) is 0 Å². The van der Waals surface area contributed by atoms with Gasteiger partial charge in [0.05, 0.1) is 18.8 Å². The fourth-order valence-electron chi connectivity index (χ4n) is 7.77. The number of amides is 1. The molecule has 0 aliphatic carbocycles. The van der Waals surface area contributed by atoms with Crippen LogP contribution in [-0.2, 0) is 4.79 Å². The number of unbranched alkanes of at least 4 members (excludes halogenated alkanes) is 36. The number of allylic oxidation sites excluding steroid dienone is 2. The molecule has 0 aromatic carbocycles. The monoisotopic (exact) mass is 748 g/mol. The van der Waals surface area contributed by atoms with E-state index in [9.17, 15) is 15.0 Å². The molecular formula is C49H97NO3. The number of rotatable bonds is 45. The van der Waals surface area contributed by atoms with Crippen molar-refractivity contribution in [3.63, 3.8) is 0 Å². The van der Waals surface area contributed by atoms with Crippen molar-refractivity contribution in [1.82, 2.24) is 5.32 Å². The second kappa shape index (κ2) is 45.5. The van der Waals surface area contributed by atoms with Gasteiger partial charge in [-0.15, -0.1) is 0 Å². The number of carbonyl (C=O) groups is 1. The van der Waals surface area contributed by atoms with Crippen LogP contribution in [0.4, 0.5) is 0 Å². The van der Waals surface area contributed by atoms with Crippen molar-refractivity contribution in [3.05, 3.63) is 12.2 Å². The van der Waals surface area contributed by atoms with Crippen LogP contribution < -0.4 is 5.32 Å². The van der Waals surface area contributed by atoms with Crippen molar-refractivity contribution < 1.29 is 15.0 Å². The van der Waals surface area contributed by atoms with Gasteiger partial charge in [-0.1, -0.05) is 244 Å². The molecule has 0 fully saturated rings. The first-order chi connectivity index (χ1) is 26.2. The van der Waals surface area contributed by atoms with Crippen LogP contribution in [0.3, 0.4) is 0 Å². The molecule has 53 heavy (non-hydrogen) atoms. The molecule has 0 aliphatic rings. The summed E-state index contributed by atoms with van der Waals surface area (Å²) < 4.78 is 0. The van der Waals surface area contributed by atoms with Crippen molar-refractivity contribution in [1.29, 1.82) is 0 Å². The normalized spacial score (nSPS) is 12.9. The van der Waals surface area contributed by atoms with Crippen molar-refractivity contribution in [3.8, 4) is 0 Å². The van der Waals surface area contributed by atoms with Gasteiger partial charge in [0.2, 0.25) is 5.91 Å². The van der Waals surface area contributed by atoms with Gasteiger partial charge in [-0.3, -0.25) is 4.79 Å². The van der Waals surface area contributed by atoms with Gasteiger partial charge in [0.25, 0.3) is 0 Å². The van der Waals surface area contributed by atoms with Crippen molar-refractivity contribution >= 4 is 5.91 Å². The van der Waals surface area contributed by atoms with E-state index < -0.39 is 12.1 Å². The second-order valence-corrected chi connectivity index (χ2v) is 16.9. The lowest BCUT2D eigenvalue weighted by atomic mass is 10.0. The van der Waals surface area contributed by atoms with E-state index in [0.29, 0.717) is 12.8 Å². The summed E-state index contributed by atoms with van der Waals surface area (Å²) in [5.41, 5.74) is 0. The lowest BCUT2D eigenvalue weighted by Gasteiger charge is -2.22. The number of nitrogens with one attached hydrogen (secondary N) is 1. The molecule has 0 aliphatic heterocycles. The highest BCUT2D eigenvalue weighted by atomic mass is 16.3. The van der Waals surface area contributed by atoms with Crippen molar-refractivity contribution in [2.45, 2.75) is 289 Å². The Morgan fingerprint density at radius 1 is 0.434 bits per heavy atom. The Labute approximate surface area is 333 Å². The Morgan fingerprint density at radius 2 is 0.717 bits per heavy atom. The molecule has 0 aromatic heterocycles. The smallest absolute Gasteiger partial charge is 0.220 e. The molecule has 3 N–H and O–H groups in total. The molecule has 0 saturated carbocycles. The van der Waals surface area contributed by atoms with Crippen LogP contribution in [0.15, 0.2) is 12.2 Å². The topological polar surface area (TPSA) is 69.6 Å². The highest BCUT2D eigenvalue weighted by Gasteiger charge is 2.20. The number of hydrogen-bond donors (Lipinski definition) is 3. The standard InChI is InChI=1S/C49H97NO3/c1-3-5-7-9-11-13-15-16-17-18-19-20-21-22-23-24-25-26-27-28-29-30-31-32-33-34-35-37-39-41-43-45-49(53)50-47(46-51)48(52)44-42-40-38-36-14-12-10-8-6-4-2/h18-19,47-48,51-52H,3-17,20-46H2,1-2H3,(H,50,53)/b19-18-. The molecule has 4 heteroatoms. The molecule has 0 bridgehead atoms. The fraction of sp³-hybridized carbons (Fsp3) is 0.939. The number of hydrogen-bond acceptors (Lipinski definition) is 3. The predicted octanol–water partition coefficient (Wildman–Crippen LogP) is 15.4. The molecule has 0 saturated heterocycles. The average Bonchev–Trinajstić information content (AvgIpc) is 3.16. The van der Waals surface area contributed by atoms with Gasteiger partial charge in [0, 0.05) is 6.42 Å². The van der Waals surface area contributed by atoms with Gasteiger partial charge in [0.1, 0.15) is 0 Å². The summed E-state index contributed by atoms with van der Waals surface area (Å²) in [7, 11) is 0. The first-order valence-corrected chi connectivity index (χ1v) is 24.4. The second-order valence-electron chi connectivity index (χ2n) is 16.9. The van der Waals surface area contributed by atoms with Crippen LogP contribution in [0.1, 0.15) is 277 Å². The average molecular weight is 748 g/mol. The van der Waals surface area contributed by atoms with Gasteiger partial charge in [-0.05, 0) is 38.5 Å². The number of aliphatic hydroxyl groups is 2. The Morgan fingerprint density at radius 3 is 1.04 bits per heavy atom. The largest absolute Gasteiger partial charge is 0.394 e. The van der Waals surface area contributed by atoms with Crippen LogP contribution in [0, 0.1) is 0 Å². The molecule has 1 amide bonds. The minimum atomic E-state index is -0.653. The molecule has 0 radical (unpaired) electrons. The third-order valence-corrected chi connectivity index (χ3v) is 11.5. The highest BCUT2D eigenvalue weighted by molar-refractivity contribution is 5.76. The van der Waals surface area contributed by atoms with E-state index in [4.69, 9.17) is 0 Å². The third-order valence-electron chi connectivity index (χ3n) is 11.5. The molecular weight excluding hydrogens is 651 g/mol. The lowest BCUT2D eigenvalue weighted by molar-refractivity contribution is -0.123. The van der Waals surface area contributed by atoms with Gasteiger partial charge in [-0.2, -0.15) is 0 Å². The number of aliphatic hydroxyl groups excluding tert-OH is 2. The quantitative estimate of drug-likeness (QED) is 0.0429. The van der Waals surface area contributed by atoms with E-state index in [1.807, 2.05) is 0 Å². The van der Waals surface area contributed by atoms with Gasteiger partial charge in [0.15, 0.2) is 0 Å². The minimum Gasteiger partial charge on any atom is -0.394 e. The summed E-state index contributed by atoms with van der Waals surface area (Å²) in [6.07, 6.45) is 57.5. The van der Waals surface area contributed by atoms with Crippen molar-refractivity contribution in [2.75, 3.05) is 6.61 Å². The van der Waals surface area contributed by atoms with Gasteiger partial charge >= 0.3 is 0 Å². The Balaban J connectivity index is 3.37. The summed E-state index contributed by atoms with van der Waals surface area (Å²) in [5.74, 6) is -0.0281. The Bertz CT molecular complexity index is 725. The van der Waals surface area contributed by atoms with Crippen molar-refractivity contribution in [2.24, 2.45) is 0 Å². The first kappa shape index (κ1) is 52.1. The maximum absolute atomic E-state index is 12.4. The molecule has 316 valence electrons. The van der Waals surface area contributed by atoms with E-state index in [0.717, 1.165) is 25.7 Å². The SMILES string of the molecule is CCCCCCCCCC/C=C\CCCCCCCCCCCCCCCCCCCCCC(=O)NC(CO)C(O)CCCCCCCCCCCC. The molecule has 0 aromatic rings.